The van der Waals surface area contributed by atoms with Crippen molar-refractivity contribution in [2.45, 2.75) is 39.3 Å². The van der Waals surface area contributed by atoms with Crippen molar-refractivity contribution in [1.29, 1.82) is 0 Å². The van der Waals surface area contributed by atoms with Gasteiger partial charge in [-0.05, 0) is 68.1 Å². The SMILES string of the molecule is CCc1ccc(-n2c(SCC(=O)Nc3c(C)cc(C)cc3C)nnc2-c2ccncc2)cc1. The van der Waals surface area contributed by atoms with Crippen molar-refractivity contribution >= 4 is 23.4 Å². The van der Waals surface area contributed by atoms with E-state index in [2.05, 4.69) is 70.7 Å². The van der Waals surface area contributed by atoms with Gasteiger partial charge in [0, 0.05) is 29.3 Å². The molecule has 0 bridgehead atoms. The standard InChI is InChI=1S/C26H27N5OS/c1-5-20-6-8-22(9-7-20)31-25(21-10-12-27-13-11-21)29-30-26(31)33-16-23(32)28-24-18(3)14-17(2)15-19(24)4/h6-15H,5,16H2,1-4H3,(H,28,32). The van der Waals surface area contributed by atoms with Gasteiger partial charge in [-0.25, -0.2) is 0 Å². The van der Waals surface area contributed by atoms with Crippen LogP contribution in [0, 0.1) is 20.8 Å². The maximum Gasteiger partial charge on any atom is 0.234 e. The third-order valence-corrected chi connectivity index (χ3v) is 6.38. The van der Waals surface area contributed by atoms with Crippen LogP contribution in [0.2, 0.25) is 0 Å². The number of anilines is 1. The fraction of sp³-hybridized carbons (Fsp3) is 0.231. The number of thioether (sulfide) groups is 1. The van der Waals surface area contributed by atoms with Crippen LogP contribution in [0.25, 0.3) is 17.1 Å². The number of rotatable bonds is 7. The summed E-state index contributed by atoms with van der Waals surface area (Å²) in [6, 6.07) is 16.3. The Kier molecular flexibility index (Phi) is 6.89. The maximum atomic E-state index is 12.8. The van der Waals surface area contributed by atoms with E-state index in [0.29, 0.717) is 5.16 Å². The average molecular weight is 458 g/mol. The molecule has 0 unspecified atom stereocenters. The first-order chi connectivity index (χ1) is 16.0. The van der Waals surface area contributed by atoms with Gasteiger partial charge in [0.15, 0.2) is 11.0 Å². The summed E-state index contributed by atoms with van der Waals surface area (Å²) in [6.45, 7) is 8.22. The van der Waals surface area contributed by atoms with E-state index in [0.717, 1.165) is 40.3 Å². The van der Waals surface area contributed by atoms with Crippen LogP contribution in [0.5, 0.6) is 0 Å². The zero-order valence-electron chi connectivity index (χ0n) is 19.3. The predicted molar refractivity (Wildman–Crippen MR) is 134 cm³/mol. The van der Waals surface area contributed by atoms with Gasteiger partial charge >= 0.3 is 0 Å². The van der Waals surface area contributed by atoms with Gasteiger partial charge in [-0.3, -0.25) is 14.3 Å². The molecular weight excluding hydrogens is 430 g/mol. The highest BCUT2D eigenvalue weighted by molar-refractivity contribution is 7.99. The van der Waals surface area contributed by atoms with Crippen molar-refractivity contribution in [3.05, 3.63) is 83.2 Å². The van der Waals surface area contributed by atoms with Gasteiger partial charge in [-0.15, -0.1) is 10.2 Å². The second-order valence-corrected chi connectivity index (χ2v) is 8.95. The van der Waals surface area contributed by atoms with Crippen LogP contribution in [0.4, 0.5) is 5.69 Å². The van der Waals surface area contributed by atoms with E-state index in [1.165, 1.54) is 22.9 Å². The zero-order valence-corrected chi connectivity index (χ0v) is 20.1. The van der Waals surface area contributed by atoms with Gasteiger partial charge in [0.2, 0.25) is 5.91 Å². The number of benzene rings is 2. The maximum absolute atomic E-state index is 12.8. The molecule has 0 aliphatic rings. The van der Waals surface area contributed by atoms with Crippen LogP contribution in [-0.2, 0) is 11.2 Å². The Hall–Kier alpha value is -3.45. The largest absolute Gasteiger partial charge is 0.325 e. The quantitative estimate of drug-likeness (QED) is 0.369. The number of aromatic nitrogens is 4. The minimum atomic E-state index is -0.0728. The summed E-state index contributed by atoms with van der Waals surface area (Å²) in [6.07, 6.45) is 4.45. The van der Waals surface area contributed by atoms with E-state index in [1.807, 2.05) is 30.5 Å². The second-order valence-electron chi connectivity index (χ2n) is 8.01. The van der Waals surface area contributed by atoms with Crippen LogP contribution in [0.1, 0.15) is 29.2 Å². The number of pyridine rings is 1. The summed E-state index contributed by atoms with van der Waals surface area (Å²) in [7, 11) is 0. The summed E-state index contributed by atoms with van der Waals surface area (Å²) >= 11 is 1.37. The fourth-order valence-corrected chi connectivity index (χ4v) is 4.60. The van der Waals surface area contributed by atoms with E-state index in [1.54, 1.807) is 12.4 Å². The molecule has 6 nitrogen and oxygen atoms in total. The Balaban J connectivity index is 1.60. The molecule has 0 aliphatic carbocycles. The predicted octanol–water partition coefficient (Wildman–Crippen LogP) is 5.55. The minimum absolute atomic E-state index is 0.0728. The van der Waals surface area contributed by atoms with Crippen LogP contribution < -0.4 is 5.32 Å². The first-order valence-electron chi connectivity index (χ1n) is 10.9. The highest BCUT2D eigenvalue weighted by Gasteiger charge is 2.18. The lowest BCUT2D eigenvalue weighted by Crippen LogP contribution is -2.16. The van der Waals surface area contributed by atoms with Crippen molar-refractivity contribution in [3.63, 3.8) is 0 Å². The molecule has 2 aromatic carbocycles. The van der Waals surface area contributed by atoms with Crippen molar-refractivity contribution in [3.8, 4) is 17.1 Å². The second kappa shape index (κ2) is 10.0. The number of hydrogen-bond donors (Lipinski definition) is 1. The summed E-state index contributed by atoms with van der Waals surface area (Å²) in [4.78, 5) is 16.9. The van der Waals surface area contributed by atoms with Crippen LogP contribution in [0.15, 0.2) is 66.1 Å². The van der Waals surface area contributed by atoms with Crippen LogP contribution in [-0.4, -0.2) is 31.4 Å². The lowest BCUT2D eigenvalue weighted by Gasteiger charge is -2.13. The highest BCUT2D eigenvalue weighted by Crippen LogP contribution is 2.28. The van der Waals surface area contributed by atoms with Gasteiger partial charge in [0.25, 0.3) is 0 Å². The van der Waals surface area contributed by atoms with Gasteiger partial charge in [-0.1, -0.05) is 48.5 Å². The number of hydrogen-bond acceptors (Lipinski definition) is 5. The molecule has 7 heteroatoms. The van der Waals surface area contributed by atoms with E-state index in [4.69, 9.17) is 0 Å². The van der Waals surface area contributed by atoms with E-state index < -0.39 is 0 Å². The van der Waals surface area contributed by atoms with Crippen LogP contribution in [0.3, 0.4) is 0 Å². The van der Waals surface area contributed by atoms with Gasteiger partial charge in [0.1, 0.15) is 0 Å². The first-order valence-corrected chi connectivity index (χ1v) is 11.9. The first kappa shape index (κ1) is 22.7. The van der Waals surface area contributed by atoms with Gasteiger partial charge in [-0.2, -0.15) is 0 Å². The third kappa shape index (κ3) is 5.14. The molecule has 168 valence electrons. The number of amides is 1. The monoisotopic (exact) mass is 457 g/mol. The molecule has 2 aromatic heterocycles. The molecule has 0 fully saturated rings. The van der Waals surface area contributed by atoms with Crippen molar-refractivity contribution < 1.29 is 4.79 Å². The molecule has 4 rings (SSSR count). The van der Waals surface area contributed by atoms with Crippen molar-refractivity contribution in [2.75, 3.05) is 11.1 Å². The molecule has 0 saturated carbocycles. The Labute approximate surface area is 198 Å². The summed E-state index contributed by atoms with van der Waals surface area (Å²) < 4.78 is 2.00. The van der Waals surface area contributed by atoms with Crippen LogP contribution >= 0.6 is 11.8 Å². The highest BCUT2D eigenvalue weighted by atomic mass is 32.2. The molecule has 1 N–H and O–H groups in total. The molecule has 0 spiro atoms. The molecular formula is C26H27N5OS. The molecule has 0 radical (unpaired) electrons. The molecule has 0 aliphatic heterocycles. The Morgan fingerprint density at radius 1 is 0.970 bits per heavy atom. The van der Waals surface area contributed by atoms with Crippen molar-refractivity contribution in [2.24, 2.45) is 0 Å². The Bertz CT molecular complexity index is 1240. The third-order valence-electron chi connectivity index (χ3n) is 5.45. The Morgan fingerprint density at radius 2 is 1.64 bits per heavy atom. The van der Waals surface area contributed by atoms with Gasteiger partial charge in [0.05, 0.1) is 5.75 Å². The number of nitrogens with zero attached hydrogens (tertiary/aromatic N) is 4. The molecule has 2 heterocycles. The lowest BCUT2D eigenvalue weighted by molar-refractivity contribution is -0.113. The van der Waals surface area contributed by atoms with Gasteiger partial charge < -0.3 is 5.32 Å². The van der Waals surface area contributed by atoms with E-state index >= 15 is 0 Å². The Morgan fingerprint density at radius 3 is 2.27 bits per heavy atom. The normalized spacial score (nSPS) is 10.9. The fourth-order valence-electron chi connectivity index (χ4n) is 3.85. The van der Waals surface area contributed by atoms with Crippen molar-refractivity contribution in [1.82, 2.24) is 19.7 Å². The number of nitrogens with one attached hydrogen (secondary N) is 1. The lowest BCUT2D eigenvalue weighted by atomic mass is 10.1. The smallest absolute Gasteiger partial charge is 0.234 e. The van der Waals surface area contributed by atoms with E-state index in [-0.39, 0.29) is 11.7 Å². The summed E-state index contributed by atoms with van der Waals surface area (Å²) in [5, 5.41) is 12.6. The topological polar surface area (TPSA) is 72.7 Å². The molecule has 0 saturated heterocycles. The number of carbonyl (C=O) groups is 1. The average Bonchev–Trinajstić information content (AvgIpc) is 3.24. The summed E-state index contributed by atoms with van der Waals surface area (Å²) in [5.41, 5.74) is 7.31. The molecule has 4 aromatic rings. The van der Waals surface area contributed by atoms with E-state index in [9.17, 15) is 4.79 Å². The molecule has 1 amide bonds. The number of carbonyl (C=O) groups excluding carboxylic acids is 1. The molecule has 0 atom stereocenters. The number of aryl methyl sites for hydroxylation is 4. The minimum Gasteiger partial charge on any atom is -0.325 e. The summed E-state index contributed by atoms with van der Waals surface area (Å²) in [5.74, 6) is 0.875. The molecule has 33 heavy (non-hydrogen) atoms. The zero-order chi connectivity index (χ0) is 23.4.